The third-order valence-corrected chi connectivity index (χ3v) is 2.71. The Hall–Kier alpha value is -1.16. The van der Waals surface area contributed by atoms with Gasteiger partial charge in [-0.3, -0.25) is 0 Å². The Morgan fingerprint density at radius 2 is 1.75 bits per heavy atom. The molecule has 0 bridgehead atoms. The van der Waals surface area contributed by atoms with E-state index >= 15 is 0 Å². The highest BCUT2D eigenvalue weighted by molar-refractivity contribution is 5.43. The molecule has 90 valence electrons. The number of fused-ring (bicyclic) bond motifs is 1. The van der Waals surface area contributed by atoms with Gasteiger partial charge in [0.25, 0.3) is 0 Å². The van der Waals surface area contributed by atoms with Crippen LogP contribution < -0.4 is 5.73 Å². The lowest BCUT2D eigenvalue weighted by Crippen LogP contribution is -2.20. The molecule has 0 radical (unpaired) electrons. The number of aromatic nitrogens is 2. The number of likely N-dealkylation sites (N-methyl/N-ethyl adjacent to an activating group) is 1. The lowest BCUT2D eigenvalue weighted by atomic mass is 10.1. The Bertz CT molecular complexity index is 349. The first-order chi connectivity index (χ1) is 7.66. The van der Waals surface area contributed by atoms with Gasteiger partial charge in [0.15, 0.2) is 0 Å². The number of nitrogens with zero attached hydrogens (tertiary/aromatic N) is 3. The predicted octanol–water partition coefficient (Wildman–Crippen LogP) is 1.42. The molecule has 0 atom stereocenters. The molecule has 4 nitrogen and oxygen atoms in total. The summed E-state index contributed by atoms with van der Waals surface area (Å²) in [6.07, 6.45) is 1.96. The summed E-state index contributed by atoms with van der Waals surface area (Å²) in [7, 11) is 2.13. The van der Waals surface area contributed by atoms with E-state index in [2.05, 4.69) is 21.9 Å². The predicted molar refractivity (Wildman–Crippen MR) is 67.4 cm³/mol. The van der Waals surface area contributed by atoms with Crippen molar-refractivity contribution in [2.75, 3.05) is 25.9 Å². The van der Waals surface area contributed by atoms with Crippen molar-refractivity contribution < 1.29 is 0 Å². The highest BCUT2D eigenvalue weighted by atomic mass is 15.1. The second-order valence-corrected chi connectivity index (χ2v) is 3.88. The lowest BCUT2D eigenvalue weighted by molar-refractivity contribution is 0.352. The van der Waals surface area contributed by atoms with Crippen molar-refractivity contribution in [1.29, 1.82) is 0 Å². The van der Waals surface area contributed by atoms with Crippen molar-refractivity contribution in [2.24, 2.45) is 0 Å². The van der Waals surface area contributed by atoms with E-state index < -0.39 is 0 Å². The van der Waals surface area contributed by atoms with Gasteiger partial charge in [0.05, 0.1) is 5.69 Å². The molecule has 1 aromatic heterocycles. The highest BCUT2D eigenvalue weighted by Crippen LogP contribution is 2.18. The van der Waals surface area contributed by atoms with Gasteiger partial charge in [-0.2, -0.15) is 0 Å². The van der Waals surface area contributed by atoms with Crippen molar-refractivity contribution in [3.8, 4) is 0 Å². The molecular formula is C12H22N4. The van der Waals surface area contributed by atoms with Gasteiger partial charge in [0.1, 0.15) is 11.6 Å². The van der Waals surface area contributed by atoms with Crippen LogP contribution in [0.15, 0.2) is 0 Å². The second-order valence-electron chi connectivity index (χ2n) is 3.88. The second kappa shape index (κ2) is 5.80. The maximum atomic E-state index is 5.89. The Labute approximate surface area is 97.9 Å². The molecule has 2 N–H and O–H groups in total. The zero-order valence-corrected chi connectivity index (χ0v) is 10.7. The number of rotatable bonds is 0. The largest absolute Gasteiger partial charge is 0.383 e. The summed E-state index contributed by atoms with van der Waals surface area (Å²) in [6, 6.07) is 0. The molecule has 4 heteroatoms. The van der Waals surface area contributed by atoms with Crippen LogP contribution in [-0.2, 0) is 12.8 Å². The minimum atomic E-state index is 0.669. The molecule has 1 aromatic rings. The molecule has 16 heavy (non-hydrogen) atoms. The van der Waals surface area contributed by atoms with Crippen LogP contribution in [0.25, 0.3) is 0 Å². The first-order valence-corrected chi connectivity index (χ1v) is 5.97. The maximum Gasteiger partial charge on any atom is 0.130 e. The summed E-state index contributed by atoms with van der Waals surface area (Å²) < 4.78 is 0. The zero-order chi connectivity index (χ0) is 12.1. The van der Waals surface area contributed by atoms with Crippen molar-refractivity contribution in [1.82, 2.24) is 14.9 Å². The van der Waals surface area contributed by atoms with Gasteiger partial charge in [-0.05, 0) is 20.4 Å². The monoisotopic (exact) mass is 222 g/mol. The summed E-state index contributed by atoms with van der Waals surface area (Å²) in [6.45, 7) is 8.00. The molecule has 2 rings (SSSR count). The first kappa shape index (κ1) is 12.9. The molecule has 1 aliphatic rings. The maximum absolute atomic E-state index is 5.89. The van der Waals surface area contributed by atoms with E-state index in [-0.39, 0.29) is 0 Å². The van der Waals surface area contributed by atoms with E-state index in [1.54, 1.807) is 0 Å². The third-order valence-electron chi connectivity index (χ3n) is 2.71. The Morgan fingerprint density at radius 1 is 1.12 bits per heavy atom. The molecule has 0 saturated heterocycles. The molecular weight excluding hydrogens is 200 g/mol. The normalized spacial score (nSPS) is 15.8. The van der Waals surface area contributed by atoms with Crippen LogP contribution in [0.2, 0.25) is 0 Å². The Morgan fingerprint density at radius 3 is 2.44 bits per heavy atom. The van der Waals surface area contributed by atoms with Gasteiger partial charge in [-0.1, -0.05) is 13.8 Å². The van der Waals surface area contributed by atoms with Gasteiger partial charge in [0.2, 0.25) is 0 Å². The summed E-state index contributed by atoms with van der Waals surface area (Å²) in [5.74, 6) is 1.45. The van der Waals surface area contributed by atoms with Gasteiger partial charge in [-0.25, -0.2) is 9.97 Å². The average molecular weight is 222 g/mol. The van der Waals surface area contributed by atoms with Gasteiger partial charge in [0, 0.05) is 25.1 Å². The topological polar surface area (TPSA) is 55.0 Å². The van der Waals surface area contributed by atoms with Crippen LogP contribution in [0.4, 0.5) is 5.82 Å². The van der Waals surface area contributed by atoms with E-state index in [4.69, 9.17) is 5.73 Å². The van der Waals surface area contributed by atoms with Crippen molar-refractivity contribution in [3.63, 3.8) is 0 Å². The highest BCUT2D eigenvalue weighted by Gasteiger charge is 2.15. The molecule has 0 aliphatic carbocycles. The minimum absolute atomic E-state index is 0.669. The van der Waals surface area contributed by atoms with E-state index in [0.29, 0.717) is 5.82 Å². The van der Waals surface area contributed by atoms with Crippen LogP contribution in [0.5, 0.6) is 0 Å². The van der Waals surface area contributed by atoms with E-state index in [1.165, 1.54) is 0 Å². The van der Waals surface area contributed by atoms with E-state index in [1.807, 2.05) is 20.8 Å². The van der Waals surface area contributed by atoms with Crippen LogP contribution >= 0.6 is 0 Å². The number of nitrogens with two attached hydrogens (primary N) is 1. The van der Waals surface area contributed by atoms with Crippen LogP contribution in [0, 0.1) is 6.92 Å². The molecule has 2 heterocycles. The van der Waals surface area contributed by atoms with Crippen molar-refractivity contribution in [3.05, 3.63) is 17.1 Å². The number of hydrogen-bond donors (Lipinski definition) is 1. The number of hydrogen-bond acceptors (Lipinski definition) is 4. The average Bonchev–Trinajstić information content (AvgIpc) is 2.44. The van der Waals surface area contributed by atoms with Gasteiger partial charge < -0.3 is 10.6 Å². The minimum Gasteiger partial charge on any atom is -0.383 e. The van der Waals surface area contributed by atoms with Gasteiger partial charge in [-0.15, -0.1) is 0 Å². The SMILES string of the molecule is CC.Cc1nc(N)c2c(n1)CCN(C)CC2. The Kier molecular flexibility index (Phi) is 4.68. The van der Waals surface area contributed by atoms with Crippen molar-refractivity contribution in [2.45, 2.75) is 33.6 Å². The quantitative estimate of drug-likeness (QED) is 0.721. The summed E-state index contributed by atoms with van der Waals surface area (Å²) in [5, 5.41) is 0. The van der Waals surface area contributed by atoms with Crippen molar-refractivity contribution >= 4 is 5.82 Å². The molecule has 0 aromatic carbocycles. The van der Waals surface area contributed by atoms with Crippen LogP contribution in [0.3, 0.4) is 0 Å². The van der Waals surface area contributed by atoms with Crippen LogP contribution in [-0.4, -0.2) is 35.0 Å². The fourth-order valence-corrected chi connectivity index (χ4v) is 1.87. The number of anilines is 1. The summed E-state index contributed by atoms with van der Waals surface area (Å²) in [5.41, 5.74) is 8.18. The Balaban J connectivity index is 0.000000606. The molecule has 0 saturated carbocycles. The first-order valence-electron chi connectivity index (χ1n) is 5.97. The summed E-state index contributed by atoms with van der Waals surface area (Å²) >= 11 is 0. The summed E-state index contributed by atoms with van der Waals surface area (Å²) in [4.78, 5) is 11.0. The number of aryl methyl sites for hydroxylation is 1. The van der Waals surface area contributed by atoms with E-state index in [9.17, 15) is 0 Å². The third kappa shape index (κ3) is 2.92. The smallest absolute Gasteiger partial charge is 0.130 e. The fraction of sp³-hybridized carbons (Fsp3) is 0.667. The van der Waals surface area contributed by atoms with Gasteiger partial charge >= 0.3 is 0 Å². The van der Waals surface area contributed by atoms with E-state index in [0.717, 1.165) is 43.0 Å². The fourth-order valence-electron chi connectivity index (χ4n) is 1.87. The lowest BCUT2D eigenvalue weighted by Gasteiger charge is -2.10. The standard InChI is InChI=1S/C10H16N4.C2H6/c1-7-12-9-4-6-14(2)5-3-8(9)10(11)13-7;1-2/h3-6H2,1-2H3,(H2,11,12,13);1-2H3. The molecule has 0 fully saturated rings. The zero-order valence-electron chi connectivity index (χ0n) is 10.7. The molecule has 1 aliphatic heterocycles. The molecule has 0 amide bonds. The number of nitrogen functional groups attached to an aromatic ring is 1. The molecule has 0 spiro atoms. The van der Waals surface area contributed by atoms with Crippen LogP contribution in [0.1, 0.15) is 30.9 Å². The molecule has 0 unspecified atom stereocenters.